The molecule has 0 N–H and O–H groups in total. The van der Waals surface area contributed by atoms with E-state index in [9.17, 15) is 0 Å². The van der Waals surface area contributed by atoms with Crippen molar-refractivity contribution in [3.8, 4) is 6.07 Å². The SMILES string of the molecule is [C-]#[N+]/C(C#N)=C1C=C(/C=C/c2ccc3c(c2)CCCN3C(C)(C)C)OCC\1. The second-order valence-electron chi connectivity index (χ2n) is 7.89. The van der Waals surface area contributed by atoms with Crippen molar-refractivity contribution < 1.29 is 4.74 Å². The van der Waals surface area contributed by atoms with Gasteiger partial charge in [-0.1, -0.05) is 12.1 Å². The van der Waals surface area contributed by atoms with Gasteiger partial charge in [0.25, 0.3) is 5.70 Å². The van der Waals surface area contributed by atoms with Crippen LogP contribution >= 0.6 is 0 Å². The Labute approximate surface area is 161 Å². The molecule has 2 heterocycles. The molecule has 4 nitrogen and oxygen atoms in total. The van der Waals surface area contributed by atoms with Gasteiger partial charge in [0.15, 0.2) is 0 Å². The molecule has 0 saturated carbocycles. The Kier molecular flexibility index (Phi) is 5.38. The normalized spacial score (nSPS) is 18.9. The molecule has 0 aromatic heterocycles. The predicted octanol–water partition coefficient (Wildman–Crippen LogP) is 5.25. The van der Waals surface area contributed by atoms with Gasteiger partial charge in [0, 0.05) is 17.8 Å². The molecule has 2 aliphatic rings. The van der Waals surface area contributed by atoms with Crippen LogP contribution in [0.3, 0.4) is 0 Å². The van der Waals surface area contributed by atoms with E-state index in [1.807, 2.05) is 18.2 Å². The quantitative estimate of drug-likeness (QED) is 0.535. The zero-order chi connectivity index (χ0) is 19.4. The Morgan fingerprint density at radius 1 is 1.30 bits per heavy atom. The highest BCUT2D eigenvalue weighted by atomic mass is 16.5. The monoisotopic (exact) mass is 359 g/mol. The van der Waals surface area contributed by atoms with E-state index in [4.69, 9.17) is 16.6 Å². The average molecular weight is 359 g/mol. The van der Waals surface area contributed by atoms with E-state index in [2.05, 4.69) is 48.7 Å². The minimum absolute atomic E-state index is 0.122. The lowest BCUT2D eigenvalue weighted by atomic mass is 9.94. The third-order valence-electron chi connectivity index (χ3n) is 4.95. The summed E-state index contributed by atoms with van der Waals surface area (Å²) in [5.41, 5.74) is 4.88. The molecular formula is C23H25N3O. The number of fused-ring (bicyclic) bond motifs is 1. The summed E-state index contributed by atoms with van der Waals surface area (Å²) in [7, 11) is 0. The van der Waals surface area contributed by atoms with Crippen molar-refractivity contribution in [3.63, 3.8) is 0 Å². The fraction of sp³-hybridized carbons (Fsp3) is 0.391. The van der Waals surface area contributed by atoms with Crippen LogP contribution in [-0.4, -0.2) is 18.7 Å². The Balaban J connectivity index is 1.84. The summed E-state index contributed by atoms with van der Waals surface area (Å²) in [6.07, 6.45) is 8.64. The number of anilines is 1. The Morgan fingerprint density at radius 2 is 2.11 bits per heavy atom. The summed E-state index contributed by atoms with van der Waals surface area (Å²) in [6.45, 7) is 15.5. The number of aryl methyl sites for hydroxylation is 1. The van der Waals surface area contributed by atoms with E-state index in [0.29, 0.717) is 18.8 Å². The number of nitriles is 1. The van der Waals surface area contributed by atoms with Crippen molar-refractivity contribution >= 4 is 11.8 Å². The van der Waals surface area contributed by atoms with Crippen LogP contribution in [0.2, 0.25) is 0 Å². The molecule has 0 atom stereocenters. The molecule has 0 aliphatic carbocycles. The molecule has 0 unspecified atom stereocenters. The van der Waals surface area contributed by atoms with Crippen LogP contribution in [0.4, 0.5) is 5.69 Å². The van der Waals surface area contributed by atoms with Crippen LogP contribution in [-0.2, 0) is 11.2 Å². The van der Waals surface area contributed by atoms with Crippen molar-refractivity contribution in [2.75, 3.05) is 18.1 Å². The van der Waals surface area contributed by atoms with Crippen molar-refractivity contribution in [2.45, 2.75) is 45.6 Å². The maximum absolute atomic E-state index is 9.05. The molecular weight excluding hydrogens is 334 g/mol. The second-order valence-corrected chi connectivity index (χ2v) is 7.89. The first-order valence-corrected chi connectivity index (χ1v) is 9.36. The van der Waals surface area contributed by atoms with Crippen molar-refractivity contribution in [3.05, 3.63) is 69.9 Å². The minimum atomic E-state index is 0.122. The van der Waals surface area contributed by atoms with Crippen LogP contribution in [0.15, 0.2) is 47.4 Å². The molecule has 0 radical (unpaired) electrons. The largest absolute Gasteiger partial charge is 0.493 e. The van der Waals surface area contributed by atoms with Gasteiger partial charge in [-0.3, -0.25) is 0 Å². The van der Waals surface area contributed by atoms with Gasteiger partial charge in [-0.2, -0.15) is 0 Å². The molecule has 0 amide bonds. The topological polar surface area (TPSA) is 40.6 Å². The Hall–Kier alpha value is -2.98. The number of hydrogen-bond donors (Lipinski definition) is 0. The van der Waals surface area contributed by atoms with Gasteiger partial charge >= 0.3 is 0 Å². The lowest BCUT2D eigenvalue weighted by molar-refractivity contribution is 0.219. The van der Waals surface area contributed by atoms with Crippen LogP contribution in [0.1, 0.15) is 44.7 Å². The fourth-order valence-electron chi connectivity index (χ4n) is 3.61. The first kappa shape index (κ1) is 18.8. The van der Waals surface area contributed by atoms with Gasteiger partial charge in [0.1, 0.15) is 5.76 Å². The van der Waals surface area contributed by atoms with E-state index in [-0.39, 0.29) is 11.2 Å². The minimum Gasteiger partial charge on any atom is -0.493 e. The summed E-state index contributed by atoms with van der Waals surface area (Å²) in [6, 6.07) is 8.57. The highest BCUT2D eigenvalue weighted by Gasteiger charge is 2.26. The van der Waals surface area contributed by atoms with Gasteiger partial charge < -0.3 is 9.64 Å². The predicted molar refractivity (Wildman–Crippen MR) is 109 cm³/mol. The van der Waals surface area contributed by atoms with Crippen molar-refractivity contribution in [1.82, 2.24) is 0 Å². The van der Waals surface area contributed by atoms with E-state index in [1.54, 1.807) is 6.08 Å². The summed E-state index contributed by atoms with van der Waals surface area (Å²) >= 11 is 0. The maximum Gasteiger partial charge on any atom is 0.265 e. The molecule has 2 aliphatic heterocycles. The zero-order valence-corrected chi connectivity index (χ0v) is 16.2. The fourth-order valence-corrected chi connectivity index (χ4v) is 3.61. The van der Waals surface area contributed by atoms with Crippen molar-refractivity contribution in [2.24, 2.45) is 0 Å². The van der Waals surface area contributed by atoms with Gasteiger partial charge in [-0.15, -0.1) is 0 Å². The second kappa shape index (κ2) is 7.72. The molecule has 0 fully saturated rings. The molecule has 1 aromatic rings. The van der Waals surface area contributed by atoms with E-state index >= 15 is 0 Å². The molecule has 3 rings (SSSR count). The third kappa shape index (κ3) is 4.23. The first-order valence-electron chi connectivity index (χ1n) is 9.36. The van der Waals surface area contributed by atoms with Crippen LogP contribution in [0.5, 0.6) is 0 Å². The van der Waals surface area contributed by atoms with Gasteiger partial charge in [-0.25, -0.2) is 10.1 Å². The molecule has 138 valence electrons. The van der Waals surface area contributed by atoms with Crippen LogP contribution in [0.25, 0.3) is 10.9 Å². The Bertz CT molecular complexity index is 885. The van der Waals surface area contributed by atoms with E-state index in [1.165, 1.54) is 17.7 Å². The number of ether oxygens (including phenoxy) is 1. The van der Waals surface area contributed by atoms with Crippen LogP contribution < -0.4 is 4.90 Å². The number of nitrogens with zero attached hydrogens (tertiary/aromatic N) is 3. The summed E-state index contributed by atoms with van der Waals surface area (Å²) < 4.78 is 5.66. The lowest BCUT2D eigenvalue weighted by Crippen LogP contribution is -2.44. The van der Waals surface area contributed by atoms with Gasteiger partial charge in [0.05, 0.1) is 19.2 Å². The zero-order valence-electron chi connectivity index (χ0n) is 16.2. The average Bonchev–Trinajstić information content (AvgIpc) is 2.66. The molecule has 0 spiro atoms. The molecule has 27 heavy (non-hydrogen) atoms. The lowest BCUT2D eigenvalue weighted by Gasteiger charge is -2.41. The van der Waals surface area contributed by atoms with Gasteiger partial charge in [0.2, 0.25) is 0 Å². The number of allylic oxidation sites excluding steroid dienone is 3. The first-order chi connectivity index (χ1) is 12.9. The van der Waals surface area contributed by atoms with E-state index in [0.717, 1.165) is 24.1 Å². The molecule has 0 saturated heterocycles. The van der Waals surface area contributed by atoms with Gasteiger partial charge in [-0.05, 0) is 81.0 Å². The third-order valence-corrected chi connectivity index (χ3v) is 4.95. The molecule has 0 bridgehead atoms. The number of rotatable bonds is 2. The highest BCUT2D eigenvalue weighted by Crippen LogP contribution is 2.33. The summed E-state index contributed by atoms with van der Waals surface area (Å²) in [4.78, 5) is 5.78. The van der Waals surface area contributed by atoms with E-state index < -0.39 is 0 Å². The smallest absolute Gasteiger partial charge is 0.265 e. The standard InChI is InChI=1S/C23H25N3O/c1-23(2,3)26-12-5-6-19-14-17(8-10-22(19)26)7-9-20-15-18(11-13-27-20)21(16-24)25-4/h7-10,14-15H,5-6,11-13H2,1-3H3/b9-7+,21-18-. The van der Waals surface area contributed by atoms with Crippen molar-refractivity contribution in [1.29, 1.82) is 5.26 Å². The molecule has 4 heteroatoms. The summed E-state index contributed by atoms with van der Waals surface area (Å²) in [5.74, 6) is 0.696. The molecule has 1 aromatic carbocycles. The number of benzene rings is 1. The highest BCUT2D eigenvalue weighted by molar-refractivity contribution is 5.64. The summed E-state index contributed by atoms with van der Waals surface area (Å²) in [5, 5.41) is 9.05. The van der Waals surface area contributed by atoms with Crippen LogP contribution in [0, 0.1) is 17.9 Å². The Morgan fingerprint density at radius 3 is 2.81 bits per heavy atom. The number of hydrogen-bond acceptors (Lipinski definition) is 3. The maximum atomic E-state index is 9.05.